The predicted molar refractivity (Wildman–Crippen MR) is 200 cm³/mol. The SMILES string of the molecule is CC(C)(C)CCc1ccccc1.CC(C)(C)Cc1ccc(O)cc1.CC(C)(C)Cc1ccccc1.CC(C)(C)c1ccccc1. The highest BCUT2D eigenvalue weighted by Gasteiger charge is 2.12. The molecule has 0 radical (unpaired) electrons. The molecule has 1 nitrogen and oxygen atoms in total. The van der Waals surface area contributed by atoms with Gasteiger partial charge in [0.2, 0.25) is 0 Å². The first-order chi connectivity index (χ1) is 20.7. The van der Waals surface area contributed by atoms with Crippen LogP contribution >= 0.6 is 0 Å². The summed E-state index contributed by atoms with van der Waals surface area (Å²) in [6.45, 7) is 27.0. The zero-order valence-corrected chi connectivity index (χ0v) is 30.7. The molecule has 0 fully saturated rings. The van der Waals surface area contributed by atoms with Crippen LogP contribution in [0, 0.1) is 16.2 Å². The van der Waals surface area contributed by atoms with Crippen LogP contribution in [0.25, 0.3) is 0 Å². The molecular weight excluding hydrogens is 544 g/mol. The Morgan fingerprint density at radius 2 is 0.756 bits per heavy atom. The molecule has 0 amide bonds. The number of hydrogen-bond acceptors (Lipinski definition) is 1. The normalized spacial score (nSPS) is 11.6. The Kier molecular flexibility index (Phi) is 16.4. The summed E-state index contributed by atoms with van der Waals surface area (Å²) in [4.78, 5) is 0. The van der Waals surface area contributed by atoms with Crippen molar-refractivity contribution in [1.82, 2.24) is 0 Å². The van der Waals surface area contributed by atoms with Crippen LogP contribution in [0.2, 0.25) is 0 Å². The molecule has 0 saturated carbocycles. The van der Waals surface area contributed by atoms with Crippen molar-refractivity contribution < 1.29 is 5.11 Å². The molecule has 0 aliphatic carbocycles. The number of phenolic OH excluding ortho intramolecular Hbond substituents is 1. The molecule has 4 rings (SSSR count). The van der Waals surface area contributed by atoms with E-state index < -0.39 is 0 Å². The summed E-state index contributed by atoms with van der Waals surface area (Å²) in [5, 5.41) is 9.05. The van der Waals surface area contributed by atoms with Crippen LogP contribution < -0.4 is 0 Å². The molecule has 0 aliphatic rings. The molecular formula is C44H64O. The molecule has 0 bridgehead atoms. The van der Waals surface area contributed by atoms with Gasteiger partial charge >= 0.3 is 0 Å². The summed E-state index contributed by atoms with van der Waals surface area (Å²) in [5.41, 5.74) is 7.03. The van der Waals surface area contributed by atoms with Crippen LogP contribution in [0.5, 0.6) is 5.75 Å². The van der Waals surface area contributed by atoms with Gasteiger partial charge in [0.25, 0.3) is 0 Å². The molecule has 1 heteroatoms. The number of aromatic hydroxyl groups is 1. The first-order valence-electron chi connectivity index (χ1n) is 16.6. The Hall–Kier alpha value is -3.32. The Balaban J connectivity index is 0.000000301. The summed E-state index contributed by atoms with van der Waals surface area (Å²) in [5.74, 6) is 0.340. The maximum absolute atomic E-state index is 9.05. The van der Waals surface area contributed by atoms with Gasteiger partial charge in [0.05, 0.1) is 0 Å². The first kappa shape index (κ1) is 39.7. The fourth-order valence-corrected chi connectivity index (χ4v) is 4.54. The van der Waals surface area contributed by atoms with Gasteiger partial charge in [-0.15, -0.1) is 0 Å². The van der Waals surface area contributed by atoms with Gasteiger partial charge in [-0.3, -0.25) is 0 Å². The molecule has 0 heterocycles. The summed E-state index contributed by atoms with van der Waals surface area (Å²) in [7, 11) is 0. The first-order valence-corrected chi connectivity index (χ1v) is 16.6. The lowest BCUT2D eigenvalue weighted by Crippen LogP contribution is -2.10. The Labute approximate surface area is 278 Å². The predicted octanol–water partition coefficient (Wildman–Crippen LogP) is 12.9. The lowest BCUT2D eigenvalue weighted by Gasteiger charge is -2.18. The van der Waals surface area contributed by atoms with Crippen LogP contribution in [0.15, 0.2) is 115 Å². The van der Waals surface area contributed by atoms with Gasteiger partial charge in [0.1, 0.15) is 5.75 Å². The molecule has 246 valence electrons. The van der Waals surface area contributed by atoms with Gasteiger partial charge in [-0.1, -0.05) is 186 Å². The van der Waals surface area contributed by atoms with Crippen LogP contribution in [-0.4, -0.2) is 5.11 Å². The number of phenols is 1. The second-order valence-corrected chi connectivity index (χ2v) is 16.8. The summed E-state index contributed by atoms with van der Waals surface area (Å²) in [6, 6.07) is 39.3. The van der Waals surface area contributed by atoms with Gasteiger partial charge in [-0.25, -0.2) is 0 Å². The molecule has 0 saturated heterocycles. The van der Waals surface area contributed by atoms with E-state index in [0.717, 1.165) is 12.8 Å². The molecule has 0 aromatic heterocycles. The summed E-state index contributed by atoms with van der Waals surface area (Å²) in [6.07, 6.45) is 4.67. The van der Waals surface area contributed by atoms with Crippen molar-refractivity contribution >= 4 is 0 Å². The largest absolute Gasteiger partial charge is 0.508 e. The lowest BCUT2D eigenvalue weighted by molar-refractivity contribution is 0.378. The third-order valence-corrected chi connectivity index (χ3v) is 6.89. The molecule has 0 aliphatic heterocycles. The van der Waals surface area contributed by atoms with Crippen LogP contribution in [-0.2, 0) is 24.7 Å². The van der Waals surface area contributed by atoms with Crippen molar-refractivity contribution in [2.75, 3.05) is 0 Å². The minimum absolute atomic E-state index is 0.293. The van der Waals surface area contributed by atoms with Gasteiger partial charge in [0, 0.05) is 0 Å². The van der Waals surface area contributed by atoms with E-state index >= 15 is 0 Å². The van der Waals surface area contributed by atoms with Gasteiger partial charge < -0.3 is 5.11 Å². The maximum Gasteiger partial charge on any atom is 0.115 e. The van der Waals surface area contributed by atoms with Crippen LogP contribution in [0.4, 0.5) is 0 Å². The van der Waals surface area contributed by atoms with Gasteiger partial charge in [0.15, 0.2) is 0 Å². The van der Waals surface area contributed by atoms with Crippen LogP contribution in [0.3, 0.4) is 0 Å². The van der Waals surface area contributed by atoms with E-state index in [1.165, 1.54) is 35.1 Å². The minimum atomic E-state index is 0.293. The zero-order chi connectivity index (χ0) is 34.2. The highest BCUT2D eigenvalue weighted by atomic mass is 16.3. The molecule has 0 atom stereocenters. The highest BCUT2D eigenvalue weighted by Crippen LogP contribution is 2.23. The number of hydrogen-bond donors (Lipinski definition) is 1. The van der Waals surface area contributed by atoms with E-state index in [-0.39, 0.29) is 0 Å². The average molecular weight is 609 g/mol. The summed E-state index contributed by atoms with van der Waals surface area (Å²) >= 11 is 0. The van der Waals surface area contributed by atoms with Crippen molar-refractivity contribution in [2.45, 2.75) is 114 Å². The number of rotatable bonds is 4. The lowest BCUT2D eigenvalue weighted by atomic mass is 9.87. The van der Waals surface area contributed by atoms with E-state index in [1.807, 2.05) is 12.1 Å². The highest BCUT2D eigenvalue weighted by molar-refractivity contribution is 5.26. The molecule has 4 aromatic rings. The van der Waals surface area contributed by atoms with Gasteiger partial charge in [-0.2, -0.15) is 0 Å². The second-order valence-electron chi connectivity index (χ2n) is 16.8. The average Bonchev–Trinajstić information content (AvgIpc) is 2.94. The zero-order valence-electron chi connectivity index (χ0n) is 30.7. The van der Waals surface area contributed by atoms with Crippen LogP contribution in [0.1, 0.15) is 112 Å². The fraction of sp³-hybridized carbons (Fsp3) is 0.455. The summed E-state index contributed by atoms with van der Waals surface area (Å²) < 4.78 is 0. The van der Waals surface area contributed by atoms with Crippen molar-refractivity contribution in [2.24, 2.45) is 16.2 Å². The third-order valence-electron chi connectivity index (χ3n) is 6.89. The minimum Gasteiger partial charge on any atom is -0.508 e. The Morgan fingerprint density at radius 1 is 0.400 bits per heavy atom. The quantitative estimate of drug-likeness (QED) is 0.244. The Bertz CT molecular complexity index is 1280. The Morgan fingerprint density at radius 3 is 1.09 bits per heavy atom. The standard InChI is InChI=1S/C12H18.C11H16O.C11H16.C10H14/c1-12(2,3)10-9-11-7-5-4-6-8-11;1-11(2,3)8-9-4-6-10(12)7-5-9;1-11(2,3)9-10-7-5-4-6-8-10;1-10(2,3)9-7-5-4-6-8-9/h4-8H,9-10H2,1-3H3;4-7,12H,8H2,1-3H3;4-8H,9H2,1-3H3;4-8H,1-3H3. The van der Waals surface area contributed by atoms with E-state index in [4.69, 9.17) is 5.11 Å². The second kappa shape index (κ2) is 18.6. The fourth-order valence-electron chi connectivity index (χ4n) is 4.54. The van der Waals surface area contributed by atoms with Crippen molar-refractivity contribution in [3.05, 3.63) is 138 Å². The van der Waals surface area contributed by atoms with E-state index in [0.29, 0.717) is 27.4 Å². The smallest absolute Gasteiger partial charge is 0.115 e. The maximum atomic E-state index is 9.05. The third kappa shape index (κ3) is 21.9. The van der Waals surface area contributed by atoms with Gasteiger partial charge in [-0.05, 0) is 81.7 Å². The number of benzene rings is 4. The number of aryl methyl sites for hydroxylation is 1. The van der Waals surface area contributed by atoms with E-state index in [9.17, 15) is 0 Å². The van der Waals surface area contributed by atoms with E-state index in [1.54, 1.807) is 12.1 Å². The monoisotopic (exact) mass is 608 g/mol. The topological polar surface area (TPSA) is 20.2 Å². The molecule has 45 heavy (non-hydrogen) atoms. The van der Waals surface area contributed by atoms with Crippen molar-refractivity contribution in [1.29, 1.82) is 0 Å². The molecule has 0 unspecified atom stereocenters. The molecule has 4 aromatic carbocycles. The molecule has 0 spiro atoms. The van der Waals surface area contributed by atoms with Crippen molar-refractivity contribution in [3.63, 3.8) is 0 Å². The van der Waals surface area contributed by atoms with E-state index in [2.05, 4.69) is 174 Å². The van der Waals surface area contributed by atoms with Crippen molar-refractivity contribution in [3.8, 4) is 5.75 Å². The molecule has 1 N–H and O–H groups in total.